The van der Waals surface area contributed by atoms with Gasteiger partial charge in [-0.2, -0.15) is 0 Å². The molecule has 1 atom stereocenters. The molecule has 2 saturated heterocycles. The molecule has 0 saturated carbocycles. The van der Waals surface area contributed by atoms with Crippen molar-refractivity contribution in [2.45, 2.75) is 44.9 Å². The first-order chi connectivity index (χ1) is 11.8. The van der Waals surface area contributed by atoms with E-state index in [1.165, 1.54) is 49.9 Å². The topological polar surface area (TPSA) is 53.6 Å². The summed E-state index contributed by atoms with van der Waals surface area (Å²) >= 11 is 0. The zero-order chi connectivity index (χ0) is 16.6. The number of nitrogens with zero attached hydrogens (tertiary/aromatic N) is 1. The van der Waals surface area contributed by atoms with Crippen molar-refractivity contribution in [2.75, 3.05) is 32.8 Å². The van der Waals surface area contributed by atoms with Crippen LogP contribution in [0.15, 0.2) is 24.3 Å². The van der Waals surface area contributed by atoms with Gasteiger partial charge < -0.3 is 15.4 Å². The highest BCUT2D eigenvalue weighted by Crippen LogP contribution is 2.16. The van der Waals surface area contributed by atoms with E-state index < -0.39 is 0 Å². The summed E-state index contributed by atoms with van der Waals surface area (Å²) in [7, 11) is 0. The summed E-state index contributed by atoms with van der Waals surface area (Å²) in [4.78, 5) is 14.8. The smallest absolute Gasteiger partial charge is 0.250 e. The third-order valence-electron chi connectivity index (χ3n) is 4.88. The molecule has 2 N–H and O–H groups in total. The van der Waals surface area contributed by atoms with Crippen molar-refractivity contribution in [3.63, 3.8) is 0 Å². The lowest BCUT2D eigenvalue weighted by Gasteiger charge is -2.24. The third-order valence-corrected chi connectivity index (χ3v) is 4.88. The minimum absolute atomic E-state index is 0.0215. The number of amides is 1. The van der Waals surface area contributed by atoms with Crippen molar-refractivity contribution in [3.8, 4) is 0 Å². The van der Waals surface area contributed by atoms with Gasteiger partial charge in [-0.15, -0.1) is 0 Å². The number of rotatable bonds is 5. The van der Waals surface area contributed by atoms with Crippen LogP contribution < -0.4 is 10.6 Å². The Hall–Kier alpha value is -1.43. The molecule has 0 spiro atoms. The van der Waals surface area contributed by atoms with Crippen molar-refractivity contribution in [1.82, 2.24) is 15.5 Å². The van der Waals surface area contributed by atoms with Crippen LogP contribution in [-0.2, 0) is 22.6 Å². The number of likely N-dealkylation sites (tertiary alicyclic amines) is 1. The van der Waals surface area contributed by atoms with Gasteiger partial charge in [0.15, 0.2) is 0 Å². The Morgan fingerprint density at radius 2 is 1.92 bits per heavy atom. The monoisotopic (exact) mass is 331 g/mol. The van der Waals surface area contributed by atoms with Crippen LogP contribution >= 0.6 is 0 Å². The van der Waals surface area contributed by atoms with E-state index >= 15 is 0 Å². The van der Waals surface area contributed by atoms with Crippen LogP contribution in [0.2, 0.25) is 0 Å². The number of benzene rings is 1. The Bertz CT molecular complexity index is 521. The molecule has 5 nitrogen and oxygen atoms in total. The van der Waals surface area contributed by atoms with E-state index in [4.69, 9.17) is 4.74 Å². The van der Waals surface area contributed by atoms with E-state index in [1.54, 1.807) is 0 Å². The molecule has 1 aromatic carbocycles. The number of carbonyl (C=O) groups excluding carboxylic acids is 1. The number of carbonyl (C=O) groups is 1. The maximum Gasteiger partial charge on any atom is 0.250 e. The molecule has 1 unspecified atom stereocenters. The Kier molecular flexibility index (Phi) is 6.64. The number of hydrogen-bond donors (Lipinski definition) is 2. The molecule has 132 valence electrons. The average molecular weight is 331 g/mol. The number of ether oxygens (including phenoxy) is 1. The van der Waals surface area contributed by atoms with Crippen molar-refractivity contribution in [2.24, 2.45) is 0 Å². The minimum atomic E-state index is -0.364. The minimum Gasteiger partial charge on any atom is -0.366 e. The molecule has 0 radical (unpaired) electrons. The second kappa shape index (κ2) is 9.16. The summed E-state index contributed by atoms with van der Waals surface area (Å²) in [6.45, 7) is 5.94. The average Bonchev–Trinajstić information content (AvgIpc) is 2.90. The summed E-state index contributed by atoms with van der Waals surface area (Å²) in [5.74, 6) is -0.0215. The van der Waals surface area contributed by atoms with Gasteiger partial charge in [-0.1, -0.05) is 37.1 Å². The molecule has 2 aliphatic rings. The SMILES string of the molecule is O=C(NCc1ccccc1CN1CCCCCC1)C1CNCCO1. The van der Waals surface area contributed by atoms with Crippen LogP contribution in [0.5, 0.6) is 0 Å². The first-order valence-corrected chi connectivity index (χ1v) is 9.22. The molecule has 1 amide bonds. The van der Waals surface area contributed by atoms with Gasteiger partial charge in [-0.05, 0) is 37.1 Å². The molecule has 2 heterocycles. The fourth-order valence-corrected chi connectivity index (χ4v) is 3.45. The number of morpholine rings is 1. The lowest BCUT2D eigenvalue weighted by molar-refractivity contribution is -0.134. The summed E-state index contributed by atoms with van der Waals surface area (Å²) in [5, 5.41) is 6.23. The third kappa shape index (κ3) is 5.03. The van der Waals surface area contributed by atoms with Crippen LogP contribution in [0.3, 0.4) is 0 Å². The van der Waals surface area contributed by atoms with Gasteiger partial charge in [0.1, 0.15) is 6.10 Å². The maximum atomic E-state index is 12.2. The number of hydrogen-bond acceptors (Lipinski definition) is 4. The first kappa shape index (κ1) is 17.4. The van der Waals surface area contributed by atoms with E-state index in [2.05, 4.69) is 33.7 Å². The fraction of sp³-hybridized carbons (Fsp3) is 0.632. The van der Waals surface area contributed by atoms with Crippen LogP contribution in [0.25, 0.3) is 0 Å². The highest BCUT2D eigenvalue weighted by molar-refractivity contribution is 5.81. The van der Waals surface area contributed by atoms with Gasteiger partial charge in [0.25, 0.3) is 5.91 Å². The molecule has 2 fully saturated rings. The highest BCUT2D eigenvalue weighted by atomic mass is 16.5. The zero-order valence-corrected chi connectivity index (χ0v) is 14.4. The van der Waals surface area contributed by atoms with E-state index in [0.717, 1.165) is 13.1 Å². The molecule has 1 aromatic rings. The standard InChI is InChI=1S/C19H29N3O2/c23-19(18-14-20-9-12-24-18)21-13-16-7-3-4-8-17(16)15-22-10-5-1-2-6-11-22/h3-4,7-8,18,20H,1-2,5-6,9-15H2,(H,21,23). The van der Waals surface area contributed by atoms with E-state index in [0.29, 0.717) is 19.7 Å². The van der Waals surface area contributed by atoms with E-state index in [9.17, 15) is 4.79 Å². The molecule has 0 aromatic heterocycles. The molecule has 3 rings (SSSR count). The summed E-state index contributed by atoms with van der Waals surface area (Å²) in [6, 6.07) is 8.44. The van der Waals surface area contributed by atoms with Crippen molar-refractivity contribution in [3.05, 3.63) is 35.4 Å². The number of nitrogens with one attached hydrogen (secondary N) is 2. The Morgan fingerprint density at radius 3 is 2.62 bits per heavy atom. The highest BCUT2D eigenvalue weighted by Gasteiger charge is 2.21. The normalized spacial score (nSPS) is 22.8. The molecular formula is C19H29N3O2. The largest absolute Gasteiger partial charge is 0.366 e. The van der Waals surface area contributed by atoms with Crippen LogP contribution in [0.1, 0.15) is 36.8 Å². The summed E-state index contributed by atoms with van der Waals surface area (Å²) in [5.41, 5.74) is 2.53. The summed E-state index contributed by atoms with van der Waals surface area (Å²) < 4.78 is 5.51. The zero-order valence-electron chi connectivity index (χ0n) is 14.4. The van der Waals surface area contributed by atoms with Crippen LogP contribution in [0.4, 0.5) is 0 Å². The molecule has 0 aliphatic carbocycles. The molecule has 5 heteroatoms. The predicted molar refractivity (Wildman–Crippen MR) is 94.6 cm³/mol. The van der Waals surface area contributed by atoms with Gasteiger partial charge in [-0.3, -0.25) is 9.69 Å². The Morgan fingerprint density at radius 1 is 1.17 bits per heavy atom. The van der Waals surface area contributed by atoms with Crippen molar-refractivity contribution < 1.29 is 9.53 Å². The van der Waals surface area contributed by atoms with E-state index in [1.807, 2.05) is 6.07 Å². The van der Waals surface area contributed by atoms with Crippen LogP contribution in [0, 0.1) is 0 Å². The van der Waals surface area contributed by atoms with Crippen molar-refractivity contribution in [1.29, 1.82) is 0 Å². The summed E-state index contributed by atoms with van der Waals surface area (Å²) in [6.07, 6.45) is 4.93. The quantitative estimate of drug-likeness (QED) is 0.862. The van der Waals surface area contributed by atoms with Gasteiger partial charge >= 0.3 is 0 Å². The molecule has 24 heavy (non-hydrogen) atoms. The lowest BCUT2D eigenvalue weighted by atomic mass is 10.1. The second-order valence-electron chi connectivity index (χ2n) is 6.74. The van der Waals surface area contributed by atoms with Gasteiger partial charge in [0.2, 0.25) is 0 Å². The van der Waals surface area contributed by atoms with Crippen molar-refractivity contribution >= 4 is 5.91 Å². The van der Waals surface area contributed by atoms with Gasteiger partial charge in [0.05, 0.1) is 6.61 Å². The fourth-order valence-electron chi connectivity index (χ4n) is 3.45. The Labute approximate surface area is 144 Å². The maximum absolute atomic E-state index is 12.2. The van der Waals surface area contributed by atoms with Gasteiger partial charge in [0, 0.05) is 26.2 Å². The van der Waals surface area contributed by atoms with E-state index in [-0.39, 0.29) is 12.0 Å². The molecule has 0 bridgehead atoms. The molecule has 2 aliphatic heterocycles. The first-order valence-electron chi connectivity index (χ1n) is 9.22. The predicted octanol–water partition coefficient (Wildman–Crippen LogP) is 1.67. The second-order valence-corrected chi connectivity index (χ2v) is 6.74. The molecular weight excluding hydrogens is 302 g/mol. The lowest BCUT2D eigenvalue weighted by Crippen LogP contribution is -2.47. The van der Waals surface area contributed by atoms with Gasteiger partial charge in [-0.25, -0.2) is 0 Å². The Balaban J connectivity index is 1.56. The van der Waals surface area contributed by atoms with Crippen LogP contribution in [-0.4, -0.2) is 49.7 Å².